The summed E-state index contributed by atoms with van der Waals surface area (Å²) in [6.07, 6.45) is 14.5. The molecule has 0 atom stereocenters. The van der Waals surface area contributed by atoms with Gasteiger partial charge in [0.2, 0.25) is 0 Å². The van der Waals surface area contributed by atoms with Crippen LogP contribution in [0.15, 0.2) is 60.7 Å². The number of aromatic carboxylic acids is 2. The van der Waals surface area contributed by atoms with Gasteiger partial charge in [-0.05, 0) is 66.6 Å². The standard InChI is InChI=1S/C19H30O3.C15H14O3/c1-2-3-4-5-6-7-8-9-10-11-12-16-13-14-18(20)17(15-16)19(21)22;1-10-7-12(8-11-5-3-2-4-6-11)9-13(14(10)16)15(17)18/h13-15,20H,2-12H2,1H3,(H,21,22);2-7,9,16H,8H2,1H3,(H,17,18). The molecule has 0 saturated carbocycles. The fraction of sp³-hybridized carbons (Fsp3) is 0.412. The van der Waals surface area contributed by atoms with Gasteiger partial charge in [-0.3, -0.25) is 0 Å². The molecule has 0 aliphatic rings. The third kappa shape index (κ3) is 11.5. The molecule has 0 aliphatic carbocycles. The van der Waals surface area contributed by atoms with Gasteiger partial charge in [0.1, 0.15) is 22.6 Å². The zero-order chi connectivity index (χ0) is 29.3. The number of unbranched alkanes of at least 4 members (excludes halogenated alkanes) is 9. The Morgan fingerprint density at radius 3 is 1.75 bits per heavy atom. The lowest BCUT2D eigenvalue weighted by atomic mass is 9.99. The zero-order valence-electron chi connectivity index (χ0n) is 23.9. The summed E-state index contributed by atoms with van der Waals surface area (Å²) in [7, 11) is 0. The fourth-order valence-electron chi connectivity index (χ4n) is 4.68. The van der Waals surface area contributed by atoms with E-state index >= 15 is 0 Å². The van der Waals surface area contributed by atoms with Crippen LogP contribution in [0.4, 0.5) is 0 Å². The summed E-state index contributed by atoms with van der Waals surface area (Å²) in [6, 6.07) is 18.0. The monoisotopic (exact) mass is 548 g/mol. The largest absolute Gasteiger partial charge is 0.507 e. The van der Waals surface area contributed by atoms with E-state index in [0.29, 0.717) is 12.0 Å². The highest BCUT2D eigenvalue weighted by atomic mass is 16.4. The highest BCUT2D eigenvalue weighted by Crippen LogP contribution is 2.25. The smallest absolute Gasteiger partial charge is 0.339 e. The Hall–Kier alpha value is -3.80. The first kappa shape index (κ1) is 32.4. The number of carbonyl (C=O) groups is 2. The van der Waals surface area contributed by atoms with E-state index in [4.69, 9.17) is 10.2 Å². The predicted octanol–water partition coefficient (Wildman–Crippen LogP) is 8.54. The highest BCUT2D eigenvalue weighted by molar-refractivity contribution is 5.91. The van der Waals surface area contributed by atoms with Crippen LogP contribution in [0.3, 0.4) is 0 Å². The molecule has 0 fully saturated rings. The van der Waals surface area contributed by atoms with Crippen molar-refractivity contribution in [1.29, 1.82) is 0 Å². The molecular formula is C34H44O6. The van der Waals surface area contributed by atoms with E-state index in [0.717, 1.165) is 29.5 Å². The van der Waals surface area contributed by atoms with Crippen molar-refractivity contribution in [3.05, 3.63) is 94.0 Å². The van der Waals surface area contributed by atoms with Gasteiger partial charge in [0.15, 0.2) is 0 Å². The number of carboxylic acids is 2. The summed E-state index contributed by atoms with van der Waals surface area (Å²) < 4.78 is 0. The molecule has 0 saturated heterocycles. The van der Waals surface area contributed by atoms with Gasteiger partial charge in [0.25, 0.3) is 0 Å². The SMILES string of the molecule is CCCCCCCCCCCCc1ccc(O)c(C(=O)O)c1.Cc1cc(Cc2ccccc2)cc(C(=O)O)c1O. The van der Waals surface area contributed by atoms with Gasteiger partial charge in [-0.15, -0.1) is 0 Å². The Morgan fingerprint density at radius 2 is 1.18 bits per heavy atom. The van der Waals surface area contributed by atoms with E-state index in [2.05, 4.69) is 6.92 Å². The Bertz CT molecular complexity index is 1200. The third-order valence-electron chi connectivity index (χ3n) is 6.95. The molecule has 216 valence electrons. The van der Waals surface area contributed by atoms with E-state index in [1.807, 2.05) is 42.5 Å². The van der Waals surface area contributed by atoms with Crippen molar-refractivity contribution in [2.45, 2.75) is 90.9 Å². The average molecular weight is 549 g/mol. The number of hydrogen-bond acceptors (Lipinski definition) is 4. The molecule has 3 rings (SSSR count). The summed E-state index contributed by atoms with van der Waals surface area (Å²) >= 11 is 0. The molecule has 0 spiro atoms. The summed E-state index contributed by atoms with van der Waals surface area (Å²) in [5, 5.41) is 37.1. The van der Waals surface area contributed by atoms with Crippen LogP contribution in [0.1, 0.15) is 114 Å². The van der Waals surface area contributed by atoms with Gasteiger partial charge in [-0.25, -0.2) is 9.59 Å². The van der Waals surface area contributed by atoms with E-state index in [9.17, 15) is 19.8 Å². The van der Waals surface area contributed by atoms with Gasteiger partial charge in [0.05, 0.1) is 0 Å². The normalized spacial score (nSPS) is 10.6. The van der Waals surface area contributed by atoms with Gasteiger partial charge >= 0.3 is 11.9 Å². The van der Waals surface area contributed by atoms with Gasteiger partial charge < -0.3 is 20.4 Å². The highest BCUT2D eigenvalue weighted by Gasteiger charge is 2.13. The minimum atomic E-state index is -1.11. The first-order chi connectivity index (χ1) is 19.2. The van der Waals surface area contributed by atoms with Crippen molar-refractivity contribution in [2.24, 2.45) is 0 Å². The second kappa shape index (κ2) is 17.7. The maximum absolute atomic E-state index is 11.0. The predicted molar refractivity (Wildman–Crippen MR) is 160 cm³/mol. The molecule has 0 heterocycles. The van der Waals surface area contributed by atoms with Crippen molar-refractivity contribution < 1.29 is 30.0 Å². The van der Waals surface area contributed by atoms with Gasteiger partial charge in [-0.2, -0.15) is 0 Å². The number of carboxylic acid groups (broad SMARTS) is 2. The molecule has 0 aliphatic heterocycles. The van der Waals surface area contributed by atoms with E-state index < -0.39 is 11.9 Å². The summed E-state index contributed by atoms with van der Waals surface area (Å²) in [5.74, 6) is -2.48. The molecule has 6 heteroatoms. The van der Waals surface area contributed by atoms with Crippen LogP contribution in [-0.2, 0) is 12.8 Å². The molecule has 3 aromatic carbocycles. The van der Waals surface area contributed by atoms with Gasteiger partial charge in [0, 0.05) is 0 Å². The van der Waals surface area contributed by atoms with Crippen LogP contribution in [0.25, 0.3) is 0 Å². The molecular weight excluding hydrogens is 504 g/mol. The van der Waals surface area contributed by atoms with Crippen LogP contribution in [-0.4, -0.2) is 32.4 Å². The molecule has 6 nitrogen and oxygen atoms in total. The quantitative estimate of drug-likeness (QED) is 0.141. The minimum absolute atomic E-state index is 0.00424. The number of aromatic hydroxyl groups is 2. The lowest BCUT2D eigenvalue weighted by Crippen LogP contribution is -2.00. The number of rotatable bonds is 15. The van der Waals surface area contributed by atoms with Crippen LogP contribution in [0.5, 0.6) is 11.5 Å². The summed E-state index contributed by atoms with van der Waals surface area (Å²) in [6.45, 7) is 3.95. The number of aryl methyl sites for hydroxylation is 2. The molecule has 0 amide bonds. The van der Waals surface area contributed by atoms with E-state index in [1.54, 1.807) is 13.0 Å². The Labute approximate surface area is 238 Å². The van der Waals surface area contributed by atoms with Crippen molar-refractivity contribution in [3.8, 4) is 11.5 Å². The summed E-state index contributed by atoms with van der Waals surface area (Å²) in [5.41, 5.74) is 3.54. The maximum atomic E-state index is 11.0. The van der Waals surface area contributed by atoms with E-state index in [-0.39, 0.29) is 22.6 Å². The second-order valence-electron chi connectivity index (χ2n) is 10.4. The number of hydrogen-bond donors (Lipinski definition) is 4. The lowest BCUT2D eigenvalue weighted by Gasteiger charge is -2.08. The third-order valence-corrected chi connectivity index (χ3v) is 6.95. The first-order valence-electron chi connectivity index (χ1n) is 14.4. The van der Waals surface area contributed by atoms with Crippen LogP contribution in [0.2, 0.25) is 0 Å². The van der Waals surface area contributed by atoms with Crippen molar-refractivity contribution in [1.82, 2.24) is 0 Å². The molecule has 4 N–H and O–H groups in total. The second-order valence-corrected chi connectivity index (χ2v) is 10.4. The number of phenols is 2. The van der Waals surface area contributed by atoms with Crippen LogP contribution in [0, 0.1) is 6.92 Å². The lowest BCUT2D eigenvalue weighted by molar-refractivity contribution is 0.0682. The maximum Gasteiger partial charge on any atom is 0.339 e. The van der Waals surface area contributed by atoms with Crippen molar-refractivity contribution in [2.75, 3.05) is 0 Å². The fourth-order valence-corrected chi connectivity index (χ4v) is 4.68. The average Bonchev–Trinajstić information content (AvgIpc) is 2.93. The number of benzene rings is 3. The van der Waals surface area contributed by atoms with Crippen molar-refractivity contribution >= 4 is 11.9 Å². The topological polar surface area (TPSA) is 115 Å². The molecule has 3 aromatic rings. The molecule has 0 bridgehead atoms. The molecule has 0 unspecified atom stereocenters. The van der Waals surface area contributed by atoms with Crippen LogP contribution < -0.4 is 0 Å². The van der Waals surface area contributed by atoms with E-state index in [1.165, 1.54) is 69.9 Å². The molecule has 40 heavy (non-hydrogen) atoms. The first-order valence-corrected chi connectivity index (χ1v) is 14.4. The Balaban J connectivity index is 0.000000285. The molecule has 0 radical (unpaired) electrons. The minimum Gasteiger partial charge on any atom is -0.507 e. The Morgan fingerprint density at radius 1 is 0.625 bits per heavy atom. The zero-order valence-corrected chi connectivity index (χ0v) is 23.9. The van der Waals surface area contributed by atoms with Gasteiger partial charge in [-0.1, -0.05) is 107 Å². The van der Waals surface area contributed by atoms with Crippen molar-refractivity contribution in [3.63, 3.8) is 0 Å². The Kier molecular flexibility index (Phi) is 14.4. The summed E-state index contributed by atoms with van der Waals surface area (Å²) in [4.78, 5) is 22.0. The van der Waals surface area contributed by atoms with Crippen LogP contribution >= 0.6 is 0 Å². The molecule has 0 aromatic heterocycles.